The lowest BCUT2D eigenvalue weighted by Gasteiger charge is -2.32. The summed E-state index contributed by atoms with van der Waals surface area (Å²) in [6, 6.07) is 17.2. The zero-order chi connectivity index (χ0) is 36.6. The van der Waals surface area contributed by atoms with Crippen LogP contribution in [-0.2, 0) is 22.0 Å². The zero-order valence-corrected chi connectivity index (χ0v) is 31.7. The first-order valence-corrected chi connectivity index (χ1v) is 18.4. The second-order valence-electron chi connectivity index (χ2n) is 16.6. The highest BCUT2D eigenvalue weighted by Crippen LogP contribution is 2.37. The molecular weight excluding hydrogens is 628 g/mol. The van der Waals surface area contributed by atoms with E-state index < -0.39 is 0 Å². The minimum atomic E-state index is -0.289. The van der Waals surface area contributed by atoms with Crippen molar-refractivity contribution in [2.75, 3.05) is 40.3 Å². The van der Waals surface area contributed by atoms with Crippen molar-refractivity contribution in [2.24, 2.45) is 5.92 Å². The third-order valence-corrected chi connectivity index (χ3v) is 10.00. The molecule has 0 radical (unpaired) electrons. The van der Waals surface area contributed by atoms with Crippen LogP contribution in [0.4, 0.5) is 8.78 Å². The highest BCUT2D eigenvalue weighted by molar-refractivity contribution is 5.95. The number of nitrogens with zero attached hydrogens (tertiary/aromatic N) is 2. The average Bonchev–Trinajstić information content (AvgIpc) is 3.52. The van der Waals surface area contributed by atoms with Crippen LogP contribution in [0.2, 0.25) is 0 Å². The van der Waals surface area contributed by atoms with Crippen molar-refractivity contribution < 1.29 is 18.4 Å². The van der Waals surface area contributed by atoms with E-state index >= 15 is 0 Å². The quantitative estimate of drug-likeness (QED) is 0.172. The van der Waals surface area contributed by atoms with Crippen LogP contribution in [0.25, 0.3) is 0 Å². The van der Waals surface area contributed by atoms with Crippen molar-refractivity contribution in [1.29, 1.82) is 0 Å². The monoisotopic (exact) mass is 687 g/mol. The predicted molar refractivity (Wildman–Crippen MR) is 201 cm³/mol. The summed E-state index contributed by atoms with van der Waals surface area (Å²) in [5, 5.41) is 3.12. The van der Waals surface area contributed by atoms with Crippen LogP contribution in [0.3, 0.4) is 0 Å². The van der Waals surface area contributed by atoms with E-state index in [0.717, 1.165) is 61.8 Å². The second kappa shape index (κ2) is 17.1. The van der Waals surface area contributed by atoms with Crippen molar-refractivity contribution >= 4 is 11.8 Å². The summed E-state index contributed by atoms with van der Waals surface area (Å²) < 4.78 is 27.2. The molecule has 0 aliphatic carbocycles. The Labute approximate surface area is 299 Å². The average molecular weight is 688 g/mol. The summed E-state index contributed by atoms with van der Waals surface area (Å²) in [6.07, 6.45) is 5.64. The lowest BCUT2D eigenvalue weighted by atomic mass is 9.74. The van der Waals surface area contributed by atoms with Gasteiger partial charge < -0.3 is 15.1 Å². The van der Waals surface area contributed by atoms with E-state index in [-0.39, 0.29) is 46.1 Å². The van der Waals surface area contributed by atoms with E-state index in [1.165, 1.54) is 41.0 Å². The molecule has 2 amide bonds. The highest BCUT2D eigenvalue weighted by Gasteiger charge is 2.31. The maximum absolute atomic E-state index is 14.0. The molecule has 1 fully saturated rings. The van der Waals surface area contributed by atoms with Gasteiger partial charge in [-0.15, -0.1) is 0 Å². The summed E-state index contributed by atoms with van der Waals surface area (Å²) in [4.78, 5) is 31.0. The molecular formula is C43H59F2N3O2. The van der Waals surface area contributed by atoms with Gasteiger partial charge in [0.1, 0.15) is 11.6 Å². The number of hydrogen-bond acceptors (Lipinski definition) is 3. The maximum atomic E-state index is 14.0. The SMILES string of the molecule is CN(C)CCCc1c(C(C)(C)C)cc(C(=O)N2CCC(CNC(=O)CCCCC(c3ccc(F)cc3)c3ccc(F)cc3)C2)cc1C(C)(C)C. The van der Waals surface area contributed by atoms with Crippen molar-refractivity contribution in [3.63, 3.8) is 0 Å². The first-order chi connectivity index (χ1) is 23.5. The first kappa shape index (κ1) is 39.2. The number of halogens is 2. The Hall–Kier alpha value is -3.58. The summed E-state index contributed by atoms with van der Waals surface area (Å²) in [5.74, 6) is -0.264. The number of carbonyl (C=O) groups is 2. The normalized spacial score (nSPS) is 15.3. The largest absolute Gasteiger partial charge is 0.356 e. The maximum Gasteiger partial charge on any atom is 0.253 e. The second-order valence-corrected chi connectivity index (χ2v) is 16.6. The van der Waals surface area contributed by atoms with Crippen LogP contribution in [0, 0.1) is 17.6 Å². The van der Waals surface area contributed by atoms with Crippen molar-refractivity contribution in [1.82, 2.24) is 15.1 Å². The molecule has 272 valence electrons. The molecule has 1 aliphatic heterocycles. The molecule has 50 heavy (non-hydrogen) atoms. The molecule has 1 N–H and O–H groups in total. The minimum absolute atomic E-state index is 0.000460. The number of unbranched alkanes of at least 4 members (excludes halogenated alkanes) is 1. The highest BCUT2D eigenvalue weighted by atomic mass is 19.1. The van der Waals surface area contributed by atoms with Gasteiger partial charge in [0.2, 0.25) is 5.91 Å². The molecule has 5 nitrogen and oxygen atoms in total. The van der Waals surface area contributed by atoms with Crippen LogP contribution in [0.5, 0.6) is 0 Å². The Bertz CT molecular complexity index is 1490. The van der Waals surface area contributed by atoms with Gasteiger partial charge in [-0.05, 0) is 134 Å². The van der Waals surface area contributed by atoms with Crippen LogP contribution >= 0.6 is 0 Å². The third-order valence-electron chi connectivity index (χ3n) is 10.00. The molecule has 0 bridgehead atoms. The Morgan fingerprint density at radius 1 is 0.840 bits per heavy atom. The molecule has 3 aromatic carbocycles. The predicted octanol–water partition coefficient (Wildman–Crippen LogP) is 9.02. The molecule has 0 saturated carbocycles. The number of hydrogen-bond donors (Lipinski definition) is 1. The topological polar surface area (TPSA) is 52.7 Å². The molecule has 1 atom stereocenters. The molecule has 1 heterocycles. The van der Waals surface area contributed by atoms with Gasteiger partial charge >= 0.3 is 0 Å². The fraction of sp³-hybridized carbons (Fsp3) is 0.535. The molecule has 3 aromatic rings. The number of amides is 2. The summed E-state index contributed by atoms with van der Waals surface area (Å²) in [6.45, 7) is 16.3. The fourth-order valence-corrected chi connectivity index (χ4v) is 7.24. The Balaban J connectivity index is 1.32. The fourth-order valence-electron chi connectivity index (χ4n) is 7.24. The van der Waals surface area contributed by atoms with Crippen molar-refractivity contribution in [3.05, 3.63) is 106 Å². The molecule has 0 spiro atoms. The number of rotatable bonds is 14. The Morgan fingerprint density at radius 2 is 1.38 bits per heavy atom. The van der Waals surface area contributed by atoms with E-state index in [0.29, 0.717) is 26.1 Å². The molecule has 1 saturated heterocycles. The molecule has 0 aromatic heterocycles. The van der Waals surface area contributed by atoms with Gasteiger partial charge in [-0.3, -0.25) is 9.59 Å². The van der Waals surface area contributed by atoms with Gasteiger partial charge in [0, 0.05) is 37.5 Å². The number of carbonyl (C=O) groups excluding carboxylic acids is 2. The standard InChI is InChI=1S/C43H59F2N3O2/c1-42(2,3)38-26-33(27-39(43(4,5)6)37(38)13-11-24-47(7)8)41(50)48-25-23-30(29-48)28-46-40(49)14-10-9-12-36(31-15-19-34(44)20-16-31)32-17-21-35(45)22-18-32/h15-22,26-27,30,36H,9-14,23-25,28-29H2,1-8H3,(H,46,49). The van der Waals surface area contributed by atoms with Gasteiger partial charge in [-0.2, -0.15) is 0 Å². The van der Waals surface area contributed by atoms with Crippen LogP contribution in [-0.4, -0.2) is 61.9 Å². The van der Waals surface area contributed by atoms with Crippen LogP contribution in [0.1, 0.15) is 124 Å². The van der Waals surface area contributed by atoms with Gasteiger partial charge in [-0.25, -0.2) is 8.78 Å². The molecule has 1 aliphatic rings. The van der Waals surface area contributed by atoms with E-state index in [1.807, 2.05) is 4.90 Å². The lowest BCUT2D eigenvalue weighted by molar-refractivity contribution is -0.121. The molecule has 1 unspecified atom stereocenters. The van der Waals surface area contributed by atoms with Gasteiger partial charge in [0.25, 0.3) is 5.91 Å². The van der Waals surface area contributed by atoms with E-state index in [2.05, 4.69) is 78.0 Å². The van der Waals surface area contributed by atoms with Gasteiger partial charge in [0.15, 0.2) is 0 Å². The van der Waals surface area contributed by atoms with E-state index in [1.54, 1.807) is 24.3 Å². The molecule has 7 heteroatoms. The summed E-state index contributed by atoms with van der Waals surface area (Å²) in [5.41, 5.74) is 6.43. The first-order valence-electron chi connectivity index (χ1n) is 18.4. The number of benzene rings is 3. The smallest absolute Gasteiger partial charge is 0.253 e. The number of nitrogens with one attached hydrogen (secondary N) is 1. The summed E-state index contributed by atoms with van der Waals surface area (Å²) in [7, 11) is 4.22. The van der Waals surface area contributed by atoms with Crippen LogP contribution in [0.15, 0.2) is 60.7 Å². The minimum Gasteiger partial charge on any atom is -0.356 e. The van der Waals surface area contributed by atoms with Crippen molar-refractivity contribution in [3.8, 4) is 0 Å². The lowest BCUT2D eigenvalue weighted by Crippen LogP contribution is -2.33. The number of likely N-dealkylation sites (tertiary alicyclic amines) is 1. The third kappa shape index (κ3) is 11.0. The van der Waals surface area contributed by atoms with Crippen molar-refractivity contribution in [2.45, 2.75) is 103 Å². The Kier molecular flexibility index (Phi) is 13.4. The van der Waals surface area contributed by atoms with E-state index in [4.69, 9.17) is 0 Å². The van der Waals surface area contributed by atoms with Crippen LogP contribution < -0.4 is 5.32 Å². The van der Waals surface area contributed by atoms with Gasteiger partial charge in [-0.1, -0.05) is 72.2 Å². The molecule has 4 rings (SSSR count). The van der Waals surface area contributed by atoms with E-state index in [9.17, 15) is 18.4 Å². The Morgan fingerprint density at radius 3 is 1.88 bits per heavy atom. The zero-order valence-electron chi connectivity index (χ0n) is 31.7. The van der Waals surface area contributed by atoms with Gasteiger partial charge in [0.05, 0.1) is 0 Å². The summed E-state index contributed by atoms with van der Waals surface area (Å²) >= 11 is 0.